The molecule has 0 amide bonds. The molecule has 0 bridgehead atoms. The molecule has 1 aliphatic carbocycles. The highest BCUT2D eigenvalue weighted by molar-refractivity contribution is 5.06. The normalized spacial score (nSPS) is 22.3. The van der Waals surface area contributed by atoms with E-state index in [0.717, 1.165) is 12.8 Å². The minimum Gasteiger partial charge on any atom is -0.297 e. The van der Waals surface area contributed by atoms with Gasteiger partial charge in [-0.25, -0.2) is 0 Å². The van der Waals surface area contributed by atoms with Gasteiger partial charge in [-0.1, -0.05) is 13.3 Å². The second-order valence-corrected chi connectivity index (χ2v) is 3.61. The first-order valence-electron chi connectivity index (χ1n) is 4.39. The molecule has 0 saturated heterocycles. The predicted molar refractivity (Wildman–Crippen MR) is 45.1 cm³/mol. The van der Waals surface area contributed by atoms with E-state index >= 15 is 0 Å². The largest absolute Gasteiger partial charge is 0.297 e. The minimum absolute atomic E-state index is 0.268. The third kappa shape index (κ3) is 2.51. The first kappa shape index (κ1) is 8.55. The van der Waals surface area contributed by atoms with Gasteiger partial charge in [0.1, 0.15) is 5.54 Å². The number of nitrogens with one attached hydrogen (secondary N) is 1. The fraction of sp³-hybridized carbons (Fsp3) is 0.889. The van der Waals surface area contributed by atoms with Gasteiger partial charge in [-0.05, 0) is 26.2 Å². The maximum Gasteiger partial charge on any atom is 0.104 e. The molecule has 0 heterocycles. The Balaban J connectivity index is 2.37. The average molecular weight is 152 g/mol. The smallest absolute Gasteiger partial charge is 0.104 e. The maximum atomic E-state index is 8.88. The number of rotatable bonds is 4. The summed E-state index contributed by atoms with van der Waals surface area (Å²) in [6.07, 6.45) is 4.53. The Hall–Kier alpha value is -0.550. The fourth-order valence-electron chi connectivity index (χ4n) is 1.34. The molecule has 62 valence electrons. The summed E-state index contributed by atoms with van der Waals surface area (Å²) in [5.41, 5.74) is -0.268. The summed E-state index contributed by atoms with van der Waals surface area (Å²) < 4.78 is 0. The first-order chi connectivity index (χ1) is 5.20. The molecule has 0 aromatic carbocycles. The lowest BCUT2D eigenvalue weighted by atomic mass is 9.98. The van der Waals surface area contributed by atoms with Crippen LogP contribution in [-0.4, -0.2) is 11.6 Å². The molecule has 2 heteroatoms. The van der Waals surface area contributed by atoms with Gasteiger partial charge in [-0.15, -0.1) is 0 Å². The SMILES string of the molecule is CCCC(C)(C#N)NC1CC1. The van der Waals surface area contributed by atoms with Crippen molar-refractivity contribution < 1.29 is 0 Å². The van der Waals surface area contributed by atoms with Crippen molar-refractivity contribution in [1.29, 1.82) is 5.26 Å². The summed E-state index contributed by atoms with van der Waals surface area (Å²) in [6, 6.07) is 2.97. The first-order valence-corrected chi connectivity index (χ1v) is 4.39. The molecule has 0 aliphatic heterocycles. The summed E-state index contributed by atoms with van der Waals surface area (Å²) in [5.74, 6) is 0. The van der Waals surface area contributed by atoms with E-state index in [-0.39, 0.29) is 5.54 Å². The number of hydrogen-bond donors (Lipinski definition) is 1. The van der Waals surface area contributed by atoms with E-state index in [2.05, 4.69) is 18.3 Å². The predicted octanol–water partition coefficient (Wildman–Crippen LogP) is 1.82. The topological polar surface area (TPSA) is 35.8 Å². The third-order valence-corrected chi connectivity index (χ3v) is 2.10. The van der Waals surface area contributed by atoms with Crippen molar-refractivity contribution in [2.75, 3.05) is 0 Å². The van der Waals surface area contributed by atoms with Crippen LogP contribution in [-0.2, 0) is 0 Å². The Labute approximate surface area is 68.6 Å². The highest BCUT2D eigenvalue weighted by atomic mass is 15.0. The van der Waals surface area contributed by atoms with E-state index in [4.69, 9.17) is 5.26 Å². The van der Waals surface area contributed by atoms with Crippen molar-refractivity contribution in [2.45, 2.75) is 51.1 Å². The van der Waals surface area contributed by atoms with Gasteiger partial charge in [0.15, 0.2) is 0 Å². The van der Waals surface area contributed by atoms with E-state index in [9.17, 15) is 0 Å². The molecule has 0 aromatic rings. The lowest BCUT2D eigenvalue weighted by Crippen LogP contribution is -2.42. The number of nitrogens with zero attached hydrogens (tertiary/aromatic N) is 1. The highest BCUT2D eigenvalue weighted by Gasteiger charge is 2.31. The van der Waals surface area contributed by atoms with Gasteiger partial charge >= 0.3 is 0 Å². The summed E-state index contributed by atoms with van der Waals surface area (Å²) in [5, 5.41) is 12.2. The number of hydrogen-bond acceptors (Lipinski definition) is 2. The van der Waals surface area contributed by atoms with Crippen LogP contribution in [0.2, 0.25) is 0 Å². The standard InChI is InChI=1S/C9H16N2/c1-3-6-9(2,7-10)11-8-4-5-8/h8,11H,3-6H2,1-2H3. The lowest BCUT2D eigenvalue weighted by Gasteiger charge is -2.22. The zero-order valence-electron chi connectivity index (χ0n) is 7.35. The Morgan fingerprint density at radius 3 is 2.64 bits per heavy atom. The molecule has 1 fully saturated rings. The van der Waals surface area contributed by atoms with Crippen LogP contribution >= 0.6 is 0 Å². The molecule has 11 heavy (non-hydrogen) atoms. The van der Waals surface area contributed by atoms with Gasteiger partial charge in [0, 0.05) is 6.04 Å². The van der Waals surface area contributed by atoms with Gasteiger partial charge in [0.25, 0.3) is 0 Å². The second kappa shape index (κ2) is 3.23. The number of nitriles is 1. The van der Waals surface area contributed by atoms with E-state index in [1.807, 2.05) is 6.92 Å². The van der Waals surface area contributed by atoms with E-state index in [1.165, 1.54) is 12.8 Å². The highest BCUT2D eigenvalue weighted by Crippen LogP contribution is 2.24. The van der Waals surface area contributed by atoms with Crippen molar-refractivity contribution in [3.05, 3.63) is 0 Å². The molecule has 1 unspecified atom stereocenters. The van der Waals surface area contributed by atoms with Gasteiger partial charge in [0.2, 0.25) is 0 Å². The van der Waals surface area contributed by atoms with Crippen molar-refractivity contribution in [1.82, 2.24) is 5.32 Å². The molecular formula is C9H16N2. The molecule has 0 spiro atoms. The molecule has 1 aliphatic rings. The zero-order chi connectivity index (χ0) is 8.32. The lowest BCUT2D eigenvalue weighted by molar-refractivity contribution is 0.410. The Bertz CT molecular complexity index is 167. The van der Waals surface area contributed by atoms with Crippen LogP contribution in [0.1, 0.15) is 39.5 Å². The van der Waals surface area contributed by atoms with E-state index < -0.39 is 0 Å². The molecule has 0 aromatic heterocycles. The van der Waals surface area contributed by atoms with Crippen LogP contribution in [0.5, 0.6) is 0 Å². The molecule has 2 nitrogen and oxygen atoms in total. The molecule has 0 radical (unpaired) electrons. The summed E-state index contributed by atoms with van der Waals surface area (Å²) in [7, 11) is 0. The van der Waals surface area contributed by atoms with Gasteiger partial charge in [-0.2, -0.15) is 5.26 Å². The van der Waals surface area contributed by atoms with Crippen LogP contribution in [0.3, 0.4) is 0 Å². The fourth-order valence-corrected chi connectivity index (χ4v) is 1.34. The van der Waals surface area contributed by atoms with Gasteiger partial charge in [0.05, 0.1) is 6.07 Å². The third-order valence-electron chi connectivity index (χ3n) is 2.10. The van der Waals surface area contributed by atoms with E-state index in [1.54, 1.807) is 0 Å². The van der Waals surface area contributed by atoms with Crippen molar-refractivity contribution in [3.63, 3.8) is 0 Å². The maximum absolute atomic E-state index is 8.88. The van der Waals surface area contributed by atoms with Crippen LogP contribution in [0.4, 0.5) is 0 Å². The average Bonchev–Trinajstić information content (AvgIpc) is 2.73. The Kier molecular flexibility index (Phi) is 2.51. The summed E-state index contributed by atoms with van der Waals surface area (Å²) in [6.45, 7) is 4.11. The summed E-state index contributed by atoms with van der Waals surface area (Å²) >= 11 is 0. The van der Waals surface area contributed by atoms with Crippen LogP contribution in [0, 0.1) is 11.3 Å². The van der Waals surface area contributed by atoms with E-state index in [0.29, 0.717) is 6.04 Å². The Morgan fingerprint density at radius 1 is 1.64 bits per heavy atom. The van der Waals surface area contributed by atoms with Gasteiger partial charge in [-0.3, -0.25) is 5.32 Å². The monoisotopic (exact) mass is 152 g/mol. The molecule has 1 saturated carbocycles. The molecular weight excluding hydrogens is 136 g/mol. The summed E-state index contributed by atoms with van der Waals surface area (Å²) in [4.78, 5) is 0. The molecule has 1 N–H and O–H groups in total. The van der Waals surface area contributed by atoms with Crippen LogP contribution in [0.25, 0.3) is 0 Å². The van der Waals surface area contributed by atoms with Crippen molar-refractivity contribution in [3.8, 4) is 6.07 Å². The Morgan fingerprint density at radius 2 is 2.27 bits per heavy atom. The molecule has 1 atom stereocenters. The quantitative estimate of drug-likeness (QED) is 0.667. The zero-order valence-corrected chi connectivity index (χ0v) is 7.35. The van der Waals surface area contributed by atoms with Crippen molar-refractivity contribution in [2.24, 2.45) is 0 Å². The van der Waals surface area contributed by atoms with Gasteiger partial charge < -0.3 is 0 Å². The van der Waals surface area contributed by atoms with Crippen LogP contribution < -0.4 is 5.32 Å². The van der Waals surface area contributed by atoms with Crippen LogP contribution in [0.15, 0.2) is 0 Å². The second-order valence-electron chi connectivity index (χ2n) is 3.61. The minimum atomic E-state index is -0.268. The molecule has 1 rings (SSSR count). The van der Waals surface area contributed by atoms with Crippen molar-refractivity contribution >= 4 is 0 Å².